The van der Waals surface area contributed by atoms with Gasteiger partial charge < -0.3 is 24.8 Å². The predicted octanol–water partition coefficient (Wildman–Crippen LogP) is 2.89. The highest BCUT2D eigenvalue weighted by Gasteiger charge is 2.57. The Balaban J connectivity index is 1.75. The Hall–Kier alpha value is -4.33. The topological polar surface area (TPSA) is 120 Å². The Morgan fingerprint density at radius 3 is 2.55 bits per heavy atom. The second-order valence-electron chi connectivity index (χ2n) is 7.96. The fourth-order valence-corrected chi connectivity index (χ4v) is 4.83. The van der Waals surface area contributed by atoms with Crippen LogP contribution in [0.4, 0.5) is 0 Å². The van der Waals surface area contributed by atoms with Crippen molar-refractivity contribution in [2.75, 3.05) is 13.7 Å². The van der Waals surface area contributed by atoms with Crippen molar-refractivity contribution in [2.45, 2.75) is 12.0 Å². The number of aromatic hydroxyl groups is 1. The molecule has 1 unspecified atom stereocenters. The minimum atomic E-state index is -1.89. The van der Waals surface area contributed by atoms with Crippen molar-refractivity contribution in [3.8, 4) is 5.75 Å². The lowest BCUT2D eigenvalue weighted by atomic mass is 9.75. The highest BCUT2D eigenvalue weighted by molar-refractivity contribution is 6.14. The SMILES string of the molecule is COC(=O)C1=CC(C(=O)c2ccccc2O)=CN2CCc3c([nH]c4ccccc34)C12C(=O)O. The molecule has 0 aliphatic carbocycles. The molecule has 3 aromatic rings. The van der Waals surface area contributed by atoms with E-state index in [0.717, 1.165) is 16.5 Å². The van der Waals surface area contributed by atoms with Crippen LogP contribution in [0.1, 0.15) is 21.6 Å². The minimum absolute atomic E-state index is 0.0513. The number of rotatable bonds is 4. The van der Waals surface area contributed by atoms with Crippen molar-refractivity contribution < 1.29 is 29.3 Å². The molecule has 2 aromatic carbocycles. The number of ether oxygens (including phenoxy) is 1. The number of carboxylic acid groups (broad SMARTS) is 1. The van der Waals surface area contributed by atoms with Crippen molar-refractivity contribution in [3.63, 3.8) is 0 Å². The molecule has 1 atom stereocenters. The van der Waals surface area contributed by atoms with E-state index in [9.17, 15) is 24.6 Å². The number of benzene rings is 2. The number of allylic oxidation sites excluding steroid dienone is 2. The van der Waals surface area contributed by atoms with Crippen molar-refractivity contribution in [2.24, 2.45) is 0 Å². The molecule has 0 spiro atoms. The number of aromatic amines is 1. The largest absolute Gasteiger partial charge is 0.507 e. The molecular weight excluding hydrogens is 424 g/mol. The molecule has 0 amide bonds. The van der Waals surface area contributed by atoms with Crippen molar-refractivity contribution in [1.82, 2.24) is 9.88 Å². The zero-order chi connectivity index (χ0) is 23.3. The van der Waals surface area contributed by atoms with Crippen molar-refractivity contribution >= 4 is 28.6 Å². The van der Waals surface area contributed by atoms with E-state index in [-0.39, 0.29) is 29.0 Å². The monoisotopic (exact) mass is 444 g/mol. The van der Waals surface area contributed by atoms with E-state index < -0.39 is 23.3 Å². The summed E-state index contributed by atoms with van der Waals surface area (Å²) in [6, 6.07) is 13.5. The van der Waals surface area contributed by atoms with E-state index >= 15 is 0 Å². The number of carboxylic acids is 1. The van der Waals surface area contributed by atoms with Gasteiger partial charge in [0.1, 0.15) is 5.75 Å². The normalized spacial score (nSPS) is 19.2. The summed E-state index contributed by atoms with van der Waals surface area (Å²) in [4.78, 5) is 43.8. The summed E-state index contributed by atoms with van der Waals surface area (Å²) in [5, 5.41) is 21.6. The van der Waals surface area contributed by atoms with Crippen LogP contribution in [0.5, 0.6) is 5.75 Å². The van der Waals surface area contributed by atoms with Gasteiger partial charge in [0.05, 0.1) is 23.9 Å². The van der Waals surface area contributed by atoms with E-state index in [1.807, 2.05) is 24.3 Å². The summed E-state index contributed by atoms with van der Waals surface area (Å²) in [5.74, 6) is -2.86. The van der Waals surface area contributed by atoms with Crippen LogP contribution in [0, 0.1) is 0 Å². The molecule has 2 aliphatic heterocycles. The third-order valence-electron chi connectivity index (χ3n) is 6.32. The standard InChI is InChI=1S/C25H20N2O6/c1-33-23(30)18-12-14(21(29)17-7-3-5-9-20(17)28)13-27-11-10-16-15-6-2-4-8-19(15)26-22(16)25(18,27)24(31)32/h2-9,12-13,26,28H,10-11H2,1H3,(H,31,32). The van der Waals surface area contributed by atoms with Gasteiger partial charge in [-0.1, -0.05) is 30.3 Å². The molecule has 2 aliphatic rings. The average Bonchev–Trinajstić information content (AvgIpc) is 3.21. The molecule has 0 radical (unpaired) electrons. The third-order valence-corrected chi connectivity index (χ3v) is 6.32. The molecule has 8 heteroatoms. The van der Waals surface area contributed by atoms with Gasteiger partial charge in [-0.25, -0.2) is 9.59 Å². The maximum atomic E-state index is 13.2. The fourth-order valence-electron chi connectivity index (χ4n) is 4.83. The highest BCUT2D eigenvalue weighted by Crippen LogP contribution is 2.47. The van der Waals surface area contributed by atoms with Gasteiger partial charge in [0, 0.05) is 29.2 Å². The number of nitrogens with one attached hydrogen (secondary N) is 1. The number of nitrogens with zero attached hydrogens (tertiary/aromatic N) is 1. The van der Waals surface area contributed by atoms with Gasteiger partial charge in [0.25, 0.3) is 0 Å². The van der Waals surface area contributed by atoms with Crippen LogP contribution in [0.3, 0.4) is 0 Å². The smallest absolute Gasteiger partial charge is 0.340 e. The molecule has 33 heavy (non-hydrogen) atoms. The second kappa shape index (κ2) is 7.37. The summed E-state index contributed by atoms with van der Waals surface area (Å²) < 4.78 is 4.96. The molecule has 3 heterocycles. The Kier molecular flexibility index (Phi) is 4.59. The summed E-state index contributed by atoms with van der Waals surface area (Å²) in [6.45, 7) is 0.257. The summed E-state index contributed by atoms with van der Waals surface area (Å²) >= 11 is 0. The van der Waals surface area contributed by atoms with Crippen molar-refractivity contribution in [3.05, 3.63) is 88.8 Å². The minimum Gasteiger partial charge on any atom is -0.507 e. The number of ketones is 1. The lowest BCUT2D eigenvalue weighted by Crippen LogP contribution is -2.57. The van der Waals surface area contributed by atoms with Crippen LogP contribution in [0.15, 0.2) is 72.0 Å². The van der Waals surface area contributed by atoms with Crippen LogP contribution in [0.2, 0.25) is 0 Å². The van der Waals surface area contributed by atoms with Gasteiger partial charge in [0.15, 0.2) is 5.78 Å². The first-order chi connectivity index (χ1) is 15.9. The maximum Gasteiger partial charge on any atom is 0.340 e. The number of esters is 1. The number of hydrogen-bond acceptors (Lipinski definition) is 6. The van der Waals surface area contributed by atoms with E-state index in [0.29, 0.717) is 12.1 Å². The number of carbonyl (C=O) groups excluding carboxylic acids is 2. The predicted molar refractivity (Wildman–Crippen MR) is 119 cm³/mol. The molecule has 0 fully saturated rings. The van der Waals surface area contributed by atoms with E-state index in [2.05, 4.69) is 4.98 Å². The first kappa shape index (κ1) is 20.6. The number of fused-ring (bicyclic) bond motifs is 5. The number of aliphatic carboxylic acids is 1. The molecule has 0 saturated heterocycles. The molecule has 0 saturated carbocycles. The van der Waals surface area contributed by atoms with Crippen LogP contribution >= 0.6 is 0 Å². The summed E-state index contributed by atoms with van der Waals surface area (Å²) in [6.07, 6.45) is 3.22. The van der Waals surface area contributed by atoms with E-state index in [1.54, 1.807) is 12.1 Å². The van der Waals surface area contributed by atoms with Crippen LogP contribution in [-0.4, -0.2) is 51.5 Å². The van der Waals surface area contributed by atoms with Gasteiger partial charge in [-0.3, -0.25) is 4.79 Å². The fraction of sp³-hybridized carbons (Fsp3) is 0.160. The molecule has 0 bridgehead atoms. The van der Waals surface area contributed by atoms with Gasteiger partial charge in [-0.05, 0) is 36.3 Å². The first-order valence-electron chi connectivity index (χ1n) is 10.3. The van der Waals surface area contributed by atoms with Crippen LogP contribution in [-0.2, 0) is 26.3 Å². The Morgan fingerprint density at radius 1 is 1.09 bits per heavy atom. The lowest BCUT2D eigenvalue weighted by molar-refractivity contribution is -0.153. The van der Waals surface area contributed by atoms with E-state index in [4.69, 9.17) is 4.74 Å². The first-order valence-corrected chi connectivity index (χ1v) is 10.3. The van der Waals surface area contributed by atoms with Gasteiger partial charge in [-0.2, -0.15) is 0 Å². The number of aromatic nitrogens is 1. The Bertz CT molecular complexity index is 1400. The Morgan fingerprint density at radius 2 is 1.82 bits per heavy atom. The van der Waals surface area contributed by atoms with Gasteiger partial charge in [-0.15, -0.1) is 0 Å². The second-order valence-corrected chi connectivity index (χ2v) is 7.96. The molecular formula is C25H20N2O6. The summed E-state index contributed by atoms with van der Waals surface area (Å²) in [5.41, 5.74) is -0.0149. The zero-order valence-electron chi connectivity index (χ0n) is 17.7. The molecule has 166 valence electrons. The molecule has 3 N–H and O–H groups in total. The number of para-hydroxylation sites is 2. The maximum absolute atomic E-state index is 13.2. The molecule has 8 nitrogen and oxygen atoms in total. The lowest BCUT2D eigenvalue weighted by Gasteiger charge is -2.46. The number of phenolic OH excluding ortho intramolecular Hbond substituents is 1. The zero-order valence-corrected chi connectivity index (χ0v) is 17.7. The molecule has 1 aromatic heterocycles. The third kappa shape index (κ3) is 2.80. The number of hydrogen-bond donors (Lipinski definition) is 3. The highest BCUT2D eigenvalue weighted by atomic mass is 16.5. The van der Waals surface area contributed by atoms with Crippen molar-refractivity contribution in [1.29, 1.82) is 0 Å². The van der Waals surface area contributed by atoms with Crippen LogP contribution in [0.25, 0.3) is 10.9 Å². The number of H-pyrrole nitrogens is 1. The summed E-state index contributed by atoms with van der Waals surface area (Å²) in [7, 11) is 1.17. The van der Waals surface area contributed by atoms with Gasteiger partial charge in [0.2, 0.25) is 5.54 Å². The number of carbonyl (C=O) groups is 3. The average molecular weight is 444 g/mol. The van der Waals surface area contributed by atoms with E-state index in [1.165, 1.54) is 36.4 Å². The quantitative estimate of drug-likeness (QED) is 0.418. The number of phenols is 1. The Labute approximate surface area is 188 Å². The molecule has 5 rings (SSSR count). The number of methoxy groups -OCH3 is 1. The number of Topliss-reactive ketones (excluding diaryl/α,β-unsaturated/α-hetero) is 1. The van der Waals surface area contributed by atoms with Gasteiger partial charge >= 0.3 is 11.9 Å². The van der Waals surface area contributed by atoms with Crippen LogP contribution < -0.4 is 0 Å².